The molecular weight excluding hydrogens is 322 g/mol. The largest absolute Gasteiger partial charge is 0.376 e. The van der Waals surface area contributed by atoms with Crippen LogP contribution < -0.4 is 0 Å². The molecule has 4 rings (SSSR count). The van der Waals surface area contributed by atoms with Gasteiger partial charge in [-0.15, -0.1) is 0 Å². The first-order valence-electron chi connectivity index (χ1n) is 9.58. The van der Waals surface area contributed by atoms with Crippen molar-refractivity contribution in [1.29, 1.82) is 0 Å². The van der Waals surface area contributed by atoms with Crippen molar-refractivity contribution in [3.63, 3.8) is 0 Å². The molecule has 0 unspecified atom stereocenters. The van der Waals surface area contributed by atoms with Gasteiger partial charge >= 0.3 is 0 Å². The van der Waals surface area contributed by atoms with E-state index in [2.05, 4.69) is 53.8 Å². The average molecular weight is 349 g/mol. The van der Waals surface area contributed by atoms with Gasteiger partial charge in [0.15, 0.2) is 0 Å². The molecule has 1 aliphatic rings. The number of aromatic amines is 1. The van der Waals surface area contributed by atoms with Crippen LogP contribution in [0.3, 0.4) is 0 Å². The minimum absolute atomic E-state index is 0.737. The Kier molecular flexibility index (Phi) is 4.79. The smallest absolute Gasteiger partial charge is 0.137 e. The van der Waals surface area contributed by atoms with Crippen molar-refractivity contribution in [3.05, 3.63) is 52.8 Å². The number of hydrogen-bond acceptors (Lipinski definition) is 3. The lowest BCUT2D eigenvalue weighted by molar-refractivity contribution is 0.109. The van der Waals surface area contributed by atoms with E-state index in [0.717, 1.165) is 44.9 Å². The van der Waals surface area contributed by atoms with Crippen molar-refractivity contribution in [1.82, 2.24) is 14.9 Å². The Bertz CT molecular complexity index is 925. The van der Waals surface area contributed by atoms with Crippen LogP contribution in [0.5, 0.6) is 0 Å². The second-order valence-corrected chi connectivity index (χ2v) is 7.13. The molecule has 136 valence electrons. The molecule has 4 nitrogen and oxygen atoms in total. The maximum Gasteiger partial charge on any atom is 0.137 e. The van der Waals surface area contributed by atoms with E-state index in [1.165, 1.54) is 38.8 Å². The van der Waals surface area contributed by atoms with Gasteiger partial charge in [0.25, 0.3) is 0 Å². The maximum absolute atomic E-state index is 5.76. The summed E-state index contributed by atoms with van der Waals surface area (Å²) in [6.07, 6.45) is 5.01. The molecule has 0 saturated carbocycles. The summed E-state index contributed by atoms with van der Waals surface area (Å²) in [5, 5.41) is 1.20. The van der Waals surface area contributed by atoms with Crippen LogP contribution in [0.4, 0.5) is 0 Å². The third-order valence-corrected chi connectivity index (χ3v) is 5.56. The van der Waals surface area contributed by atoms with Gasteiger partial charge in [0.2, 0.25) is 0 Å². The fraction of sp³-hybridized carbons (Fsp3) is 0.409. The van der Waals surface area contributed by atoms with Gasteiger partial charge in [-0.05, 0) is 66.4 Å². The fourth-order valence-corrected chi connectivity index (χ4v) is 3.85. The maximum atomic E-state index is 5.76. The number of H-pyrrole nitrogens is 1. The lowest BCUT2D eigenvalue weighted by Gasteiger charge is -2.25. The molecule has 0 atom stereocenters. The lowest BCUT2D eigenvalue weighted by Crippen LogP contribution is -2.24. The number of benzene rings is 1. The highest BCUT2D eigenvalue weighted by atomic mass is 16.5. The summed E-state index contributed by atoms with van der Waals surface area (Å²) < 4.78 is 5.76. The van der Waals surface area contributed by atoms with Crippen LogP contribution in [0, 0.1) is 6.92 Å². The number of fused-ring (bicyclic) bond motifs is 2. The van der Waals surface area contributed by atoms with Crippen LogP contribution in [-0.4, -0.2) is 34.6 Å². The highest BCUT2D eigenvalue weighted by Crippen LogP contribution is 2.31. The van der Waals surface area contributed by atoms with Crippen LogP contribution in [0.1, 0.15) is 36.1 Å². The summed E-state index contributed by atoms with van der Waals surface area (Å²) in [6.45, 7) is 11.2. The molecule has 3 aromatic rings. The van der Waals surface area contributed by atoms with E-state index in [-0.39, 0.29) is 0 Å². The van der Waals surface area contributed by atoms with E-state index in [9.17, 15) is 0 Å². The molecule has 0 saturated heterocycles. The first-order chi connectivity index (χ1) is 12.7. The third kappa shape index (κ3) is 3.15. The Morgan fingerprint density at radius 3 is 2.81 bits per heavy atom. The average Bonchev–Trinajstić information content (AvgIpc) is 3.06. The van der Waals surface area contributed by atoms with Crippen LogP contribution in [0.2, 0.25) is 0 Å². The number of ether oxygens (including phenoxy) is 1. The normalized spacial score (nSPS) is 14.2. The highest BCUT2D eigenvalue weighted by Gasteiger charge is 2.17. The molecule has 0 bridgehead atoms. The van der Waals surface area contributed by atoms with E-state index >= 15 is 0 Å². The minimum atomic E-state index is 0.737. The first-order valence-corrected chi connectivity index (χ1v) is 9.58. The topological polar surface area (TPSA) is 41.2 Å². The molecule has 26 heavy (non-hydrogen) atoms. The zero-order valence-electron chi connectivity index (χ0n) is 15.9. The number of nitrogens with one attached hydrogen (secondary N) is 1. The van der Waals surface area contributed by atoms with Crippen molar-refractivity contribution >= 4 is 11.0 Å². The summed E-state index contributed by atoms with van der Waals surface area (Å²) in [5.74, 6) is 0. The number of pyridine rings is 1. The molecule has 0 radical (unpaired) electrons. The van der Waals surface area contributed by atoms with Gasteiger partial charge in [0.1, 0.15) is 5.65 Å². The van der Waals surface area contributed by atoms with E-state index < -0.39 is 0 Å². The molecule has 1 aliphatic heterocycles. The van der Waals surface area contributed by atoms with Gasteiger partial charge in [-0.3, -0.25) is 4.90 Å². The van der Waals surface area contributed by atoms with Gasteiger partial charge in [0, 0.05) is 29.9 Å². The Labute approximate surface area is 155 Å². The first kappa shape index (κ1) is 17.3. The van der Waals surface area contributed by atoms with Crippen molar-refractivity contribution in [2.75, 3.05) is 19.7 Å². The molecule has 4 heteroatoms. The molecule has 0 fully saturated rings. The van der Waals surface area contributed by atoms with Crippen molar-refractivity contribution in [2.24, 2.45) is 0 Å². The third-order valence-electron chi connectivity index (χ3n) is 5.56. The zero-order valence-corrected chi connectivity index (χ0v) is 15.9. The molecule has 3 heterocycles. The van der Waals surface area contributed by atoms with E-state index in [1.54, 1.807) is 0 Å². The van der Waals surface area contributed by atoms with Gasteiger partial charge in [-0.25, -0.2) is 4.98 Å². The Balaban J connectivity index is 1.80. The molecule has 0 aliphatic carbocycles. The molecular formula is C22H27N3O. The second-order valence-electron chi connectivity index (χ2n) is 7.13. The lowest BCUT2D eigenvalue weighted by atomic mass is 9.92. The monoisotopic (exact) mass is 349 g/mol. The highest BCUT2D eigenvalue weighted by molar-refractivity contribution is 5.84. The summed E-state index contributed by atoms with van der Waals surface area (Å²) in [4.78, 5) is 10.3. The Morgan fingerprint density at radius 1 is 1.15 bits per heavy atom. The van der Waals surface area contributed by atoms with E-state index in [1.807, 2.05) is 12.4 Å². The number of aryl methyl sites for hydroxylation is 1. The Morgan fingerprint density at radius 2 is 2.00 bits per heavy atom. The summed E-state index contributed by atoms with van der Waals surface area (Å²) in [7, 11) is 0. The molecule has 2 aromatic heterocycles. The van der Waals surface area contributed by atoms with Crippen molar-refractivity contribution in [2.45, 2.75) is 40.3 Å². The van der Waals surface area contributed by atoms with Crippen molar-refractivity contribution in [3.8, 4) is 11.1 Å². The Hall–Kier alpha value is -2.17. The zero-order chi connectivity index (χ0) is 18.1. The summed E-state index contributed by atoms with van der Waals surface area (Å²) >= 11 is 0. The SMILES string of the molecule is CCN(CC)Cc1cc(-c2cnc3[nH]cc(C)c3c2)cc2c1COCC2. The quantitative estimate of drug-likeness (QED) is 0.740. The van der Waals surface area contributed by atoms with Gasteiger partial charge in [-0.1, -0.05) is 19.9 Å². The van der Waals surface area contributed by atoms with Crippen LogP contribution in [-0.2, 0) is 24.3 Å². The fourth-order valence-electron chi connectivity index (χ4n) is 3.85. The standard InChI is InChI=1S/C22H27N3O/c1-4-25(5-2)13-19-9-17(8-16-6-7-26-14-21(16)19)18-10-20-15(3)11-23-22(20)24-12-18/h8-12H,4-7,13-14H2,1-3H3,(H,23,24). The number of aromatic nitrogens is 2. The van der Waals surface area contributed by atoms with Crippen LogP contribution in [0.15, 0.2) is 30.6 Å². The molecule has 0 spiro atoms. The van der Waals surface area contributed by atoms with Gasteiger partial charge in [-0.2, -0.15) is 0 Å². The summed E-state index contributed by atoms with van der Waals surface area (Å²) in [6, 6.07) is 6.95. The molecule has 0 amide bonds. The number of hydrogen-bond donors (Lipinski definition) is 1. The van der Waals surface area contributed by atoms with Gasteiger partial charge in [0.05, 0.1) is 13.2 Å². The predicted octanol–water partition coefficient (Wildman–Crippen LogP) is 4.45. The van der Waals surface area contributed by atoms with Crippen molar-refractivity contribution < 1.29 is 4.74 Å². The van der Waals surface area contributed by atoms with E-state index in [4.69, 9.17) is 4.74 Å². The van der Waals surface area contributed by atoms with Crippen LogP contribution >= 0.6 is 0 Å². The second kappa shape index (κ2) is 7.22. The summed E-state index contributed by atoms with van der Waals surface area (Å²) in [5.41, 5.74) is 8.87. The van der Waals surface area contributed by atoms with Gasteiger partial charge < -0.3 is 9.72 Å². The minimum Gasteiger partial charge on any atom is -0.376 e. The molecule has 1 N–H and O–H groups in total. The molecule has 1 aromatic carbocycles. The number of rotatable bonds is 5. The predicted molar refractivity (Wildman–Crippen MR) is 106 cm³/mol. The van der Waals surface area contributed by atoms with Crippen LogP contribution in [0.25, 0.3) is 22.2 Å². The van der Waals surface area contributed by atoms with E-state index in [0.29, 0.717) is 0 Å². The number of nitrogens with zero attached hydrogens (tertiary/aromatic N) is 2.